The molecular formula is C20H28FIN4O. The molecule has 1 aromatic rings. The fourth-order valence-electron chi connectivity index (χ4n) is 4.06. The summed E-state index contributed by atoms with van der Waals surface area (Å²) in [4.78, 5) is 4.54. The Morgan fingerprint density at radius 2 is 2.19 bits per heavy atom. The van der Waals surface area contributed by atoms with Crippen LogP contribution in [0.1, 0.15) is 50.7 Å². The molecule has 2 atom stereocenters. The van der Waals surface area contributed by atoms with Crippen LogP contribution < -0.4 is 10.6 Å². The number of ether oxygens (including phenoxy) is 1. The Morgan fingerprint density at radius 3 is 2.78 bits per heavy atom. The number of benzene rings is 1. The monoisotopic (exact) mass is 486 g/mol. The Hall–Kier alpha value is -1.40. The number of hydrogen-bond donors (Lipinski definition) is 2. The molecule has 1 spiro atoms. The predicted octanol–water partition coefficient (Wildman–Crippen LogP) is 3.72. The van der Waals surface area contributed by atoms with Crippen LogP contribution in [0.2, 0.25) is 0 Å². The summed E-state index contributed by atoms with van der Waals surface area (Å²) in [6.45, 7) is 5.74. The molecule has 0 bridgehead atoms. The zero-order valence-electron chi connectivity index (χ0n) is 15.9. The molecule has 2 unspecified atom stereocenters. The van der Waals surface area contributed by atoms with Crippen LogP contribution in [0.4, 0.5) is 4.39 Å². The molecule has 0 aromatic heterocycles. The zero-order valence-corrected chi connectivity index (χ0v) is 18.3. The van der Waals surface area contributed by atoms with E-state index in [1.807, 2.05) is 19.9 Å². The molecule has 0 radical (unpaired) electrons. The molecule has 0 aliphatic heterocycles. The van der Waals surface area contributed by atoms with Gasteiger partial charge in [-0.3, -0.25) is 0 Å². The van der Waals surface area contributed by atoms with E-state index < -0.39 is 0 Å². The highest BCUT2D eigenvalue weighted by atomic mass is 127. The van der Waals surface area contributed by atoms with Crippen molar-refractivity contribution in [2.75, 3.05) is 13.2 Å². The van der Waals surface area contributed by atoms with Crippen molar-refractivity contribution in [3.63, 3.8) is 0 Å². The summed E-state index contributed by atoms with van der Waals surface area (Å²) in [6.07, 6.45) is 4.95. The van der Waals surface area contributed by atoms with Crippen LogP contribution in [0.25, 0.3) is 0 Å². The van der Waals surface area contributed by atoms with E-state index in [4.69, 9.17) is 10.00 Å². The van der Waals surface area contributed by atoms with E-state index >= 15 is 0 Å². The quantitative estimate of drug-likeness (QED) is 0.366. The van der Waals surface area contributed by atoms with Crippen LogP contribution in [0, 0.1) is 22.6 Å². The van der Waals surface area contributed by atoms with Crippen LogP contribution in [0.3, 0.4) is 0 Å². The molecule has 148 valence electrons. The van der Waals surface area contributed by atoms with Gasteiger partial charge in [-0.15, -0.1) is 24.0 Å². The van der Waals surface area contributed by atoms with Gasteiger partial charge in [0.2, 0.25) is 0 Å². The third-order valence-corrected chi connectivity index (χ3v) is 5.67. The van der Waals surface area contributed by atoms with E-state index in [0.717, 1.165) is 19.6 Å². The highest BCUT2D eigenvalue weighted by molar-refractivity contribution is 14.0. The Labute approximate surface area is 177 Å². The number of nitriles is 1. The largest absolute Gasteiger partial charge is 0.378 e. The Balaban J connectivity index is 0.00000261. The van der Waals surface area contributed by atoms with E-state index in [2.05, 4.69) is 15.6 Å². The van der Waals surface area contributed by atoms with Crippen molar-refractivity contribution in [3.8, 4) is 6.07 Å². The summed E-state index contributed by atoms with van der Waals surface area (Å²) in [5.74, 6) is 0.361. The fourth-order valence-corrected chi connectivity index (χ4v) is 4.06. The summed E-state index contributed by atoms with van der Waals surface area (Å²) in [7, 11) is 0. The number of halogens is 2. The van der Waals surface area contributed by atoms with E-state index in [1.165, 1.54) is 31.4 Å². The first-order valence-corrected chi connectivity index (χ1v) is 9.48. The lowest BCUT2D eigenvalue weighted by atomic mass is 9.51. The number of hydrogen-bond acceptors (Lipinski definition) is 3. The van der Waals surface area contributed by atoms with Crippen LogP contribution in [-0.2, 0) is 11.3 Å². The van der Waals surface area contributed by atoms with Crippen LogP contribution >= 0.6 is 24.0 Å². The first-order chi connectivity index (χ1) is 12.6. The molecule has 3 rings (SSSR count). The van der Waals surface area contributed by atoms with Gasteiger partial charge >= 0.3 is 0 Å². The molecule has 0 saturated heterocycles. The van der Waals surface area contributed by atoms with E-state index in [-0.39, 0.29) is 41.8 Å². The molecule has 2 fully saturated rings. The van der Waals surface area contributed by atoms with Crippen molar-refractivity contribution in [2.45, 2.75) is 58.2 Å². The molecule has 0 amide bonds. The normalized spacial score (nSPS) is 22.8. The maximum absolute atomic E-state index is 14.0. The minimum atomic E-state index is -0.334. The van der Waals surface area contributed by atoms with Gasteiger partial charge in [0, 0.05) is 30.2 Å². The van der Waals surface area contributed by atoms with E-state index in [1.54, 1.807) is 6.07 Å². The van der Waals surface area contributed by atoms with Gasteiger partial charge in [0.25, 0.3) is 0 Å². The molecule has 2 N–H and O–H groups in total. The molecule has 2 aliphatic rings. The number of guanidine groups is 1. The SMILES string of the molecule is CCNC(=NCc1cc(C#N)ccc1F)NC1CC(OCC)C12CCC2.I. The van der Waals surface area contributed by atoms with Crippen molar-refractivity contribution in [1.82, 2.24) is 10.6 Å². The summed E-state index contributed by atoms with van der Waals surface area (Å²) < 4.78 is 19.9. The Bertz CT molecular complexity index is 714. The molecule has 7 heteroatoms. The Morgan fingerprint density at radius 1 is 1.41 bits per heavy atom. The first kappa shape index (κ1) is 21.9. The third-order valence-electron chi connectivity index (χ3n) is 5.67. The summed E-state index contributed by atoms with van der Waals surface area (Å²) in [6, 6.07) is 6.75. The lowest BCUT2D eigenvalue weighted by Gasteiger charge is -2.61. The standard InChI is InChI=1S/C20H27FN4O.HI/c1-3-23-19(24-13-15-10-14(12-22)6-7-16(15)21)25-17-11-18(26-4-2)20(17)8-5-9-20;/h6-7,10,17-18H,3-5,8-9,11,13H2,1-2H3,(H2,23,24,25);1H. The van der Waals surface area contributed by atoms with Gasteiger partial charge in [-0.05, 0) is 51.3 Å². The first-order valence-electron chi connectivity index (χ1n) is 9.48. The minimum absolute atomic E-state index is 0. The molecule has 27 heavy (non-hydrogen) atoms. The minimum Gasteiger partial charge on any atom is -0.378 e. The van der Waals surface area contributed by atoms with Gasteiger partial charge < -0.3 is 15.4 Å². The molecular weight excluding hydrogens is 458 g/mol. The van der Waals surface area contributed by atoms with E-state index in [9.17, 15) is 4.39 Å². The number of aliphatic imine (C=N–C) groups is 1. The second-order valence-electron chi connectivity index (χ2n) is 7.08. The molecule has 1 aromatic carbocycles. The van der Waals surface area contributed by atoms with Crippen LogP contribution in [-0.4, -0.2) is 31.3 Å². The van der Waals surface area contributed by atoms with Crippen molar-refractivity contribution in [2.24, 2.45) is 10.4 Å². The summed E-state index contributed by atoms with van der Waals surface area (Å²) in [5.41, 5.74) is 1.11. The zero-order chi connectivity index (χ0) is 18.6. The molecule has 0 heterocycles. The fraction of sp³-hybridized carbons (Fsp3) is 0.600. The van der Waals surface area contributed by atoms with Gasteiger partial charge in [0.1, 0.15) is 5.82 Å². The van der Waals surface area contributed by atoms with Crippen LogP contribution in [0.5, 0.6) is 0 Å². The topological polar surface area (TPSA) is 69.4 Å². The number of nitrogens with zero attached hydrogens (tertiary/aromatic N) is 2. The van der Waals surface area contributed by atoms with Gasteiger partial charge in [0.05, 0.1) is 24.3 Å². The highest BCUT2D eigenvalue weighted by Gasteiger charge is 2.59. The average molecular weight is 486 g/mol. The molecule has 2 aliphatic carbocycles. The van der Waals surface area contributed by atoms with Crippen molar-refractivity contribution < 1.29 is 9.13 Å². The van der Waals surface area contributed by atoms with Gasteiger partial charge in [-0.25, -0.2) is 9.38 Å². The van der Waals surface area contributed by atoms with Gasteiger partial charge in [-0.1, -0.05) is 6.42 Å². The van der Waals surface area contributed by atoms with Crippen molar-refractivity contribution in [1.29, 1.82) is 5.26 Å². The second kappa shape index (κ2) is 9.69. The van der Waals surface area contributed by atoms with E-state index in [0.29, 0.717) is 29.2 Å². The lowest BCUT2D eigenvalue weighted by Crippen LogP contribution is -2.68. The van der Waals surface area contributed by atoms with Crippen LogP contribution in [0.15, 0.2) is 23.2 Å². The maximum atomic E-state index is 14.0. The second-order valence-corrected chi connectivity index (χ2v) is 7.08. The lowest BCUT2D eigenvalue weighted by molar-refractivity contribution is -0.168. The van der Waals surface area contributed by atoms with Crippen molar-refractivity contribution in [3.05, 3.63) is 35.1 Å². The number of rotatable bonds is 6. The smallest absolute Gasteiger partial charge is 0.191 e. The maximum Gasteiger partial charge on any atom is 0.191 e. The highest BCUT2D eigenvalue weighted by Crippen LogP contribution is 2.57. The van der Waals surface area contributed by atoms with Gasteiger partial charge in [0.15, 0.2) is 5.96 Å². The third kappa shape index (κ3) is 4.54. The van der Waals surface area contributed by atoms with Crippen molar-refractivity contribution >= 4 is 29.9 Å². The number of nitrogens with one attached hydrogen (secondary N) is 2. The average Bonchev–Trinajstić information content (AvgIpc) is 2.58. The molecule has 5 nitrogen and oxygen atoms in total. The molecule has 2 saturated carbocycles. The predicted molar refractivity (Wildman–Crippen MR) is 115 cm³/mol. The van der Waals surface area contributed by atoms with Gasteiger partial charge in [-0.2, -0.15) is 5.26 Å². The summed E-state index contributed by atoms with van der Waals surface area (Å²) in [5, 5.41) is 15.8. The Kier molecular flexibility index (Phi) is 7.86. The summed E-state index contributed by atoms with van der Waals surface area (Å²) >= 11 is 0.